The molecule has 21 heavy (non-hydrogen) atoms. The summed E-state index contributed by atoms with van der Waals surface area (Å²) < 4.78 is 40.6. The topological polar surface area (TPSA) is 17.0 Å². The quantitative estimate of drug-likeness (QED) is 0.835. The van der Waals surface area contributed by atoms with Gasteiger partial charge in [0, 0.05) is 31.2 Å². The summed E-state index contributed by atoms with van der Waals surface area (Å²) in [5.74, 6) is 0. The molecule has 0 aliphatic rings. The van der Waals surface area contributed by atoms with Crippen LogP contribution >= 0.6 is 0 Å². The summed E-state index contributed by atoms with van der Waals surface area (Å²) in [6, 6.07) is 6.31. The van der Waals surface area contributed by atoms with Crippen molar-refractivity contribution in [1.82, 2.24) is 4.57 Å². The second-order valence-corrected chi connectivity index (χ2v) is 5.14. The first-order valence-corrected chi connectivity index (χ1v) is 6.96. The highest BCUT2D eigenvalue weighted by atomic mass is 19.4. The molecule has 0 unspecified atom stereocenters. The van der Waals surface area contributed by atoms with Gasteiger partial charge in [-0.1, -0.05) is 13.0 Å². The van der Waals surface area contributed by atoms with Crippen molar-refractivity contribution in [2.75, 3.05) is 5.32 Å². The summed E-state index contributed by atoms with van der Waals surface area (Å²) in [5, 5.41) is 3.04. The molecule has 2 rings (SSSR count). The van der Waals surface area contributed by atoms with Gasteiger partial charge in [-0.15, -0.1) is 0 Å². The van der Waals surface area contributed by atoms with Crippen LogP contribution in [0.1, 0.15) is 30.0 Å². The average Bonchev–Trinajstić information content (AvgIpc) is 2.85. The molecule has 0 atom stereocenters. The predicted molar refractivity (Wildman–Crippen MR) is 78.2 cm³/mol. The molecule has 0 aliphatic carbocycles. The van der Waals surface area contributed by atoms with Crippen molar-refractivity contribution in [3.05, 3.63) is 53.3 Å². The number of nitrogens with one attached hydrogen (secondary N) is 1. The number of aromatic nitrogens is 1. The number of benzene rings is 1. The molecule has 5 heteroatoms. The number of anilines is 1. The highest BCUT2D eigenvalue weighted by Crippen LogP contribution is 2.33. The molecule has 0 amide bonds. The van der Waals surface area contributed by atoms with Crippen molar-refractivity contribution in [3.63, 3.8) is 0 Å². The smallest absolute Gasteiger partial charge is 0.381 e. The van der Waals surface area contributed by atoms with Crippen LogP contribution in [0.25, 0.3) is 0 Å². The van der Waals surface area contributed by atoms with E-state index in [0.717, 1.165) is 18.5 Å². The Morgan fingerprint density at radius 3 is 2.62 bits per heavy atom. The lowest BCUT2D eigenvalue weighted by Gasteiger charge is -2.13. The molecule has 114 valence electrons. The van der Waals surface area contributed by atoms with Gasteiger partial charge in [-0.25, -0.2) is 0 Å². The number of aryl methyl sites for hydroxylation is 2. The largest absolute Gasteiger partial charge is 0.416 e. The Bertz CT molecular complexity index is 600. The molecule has 0 spiro atoms. The molecule has 0 aliphatic heterocycles. The summed E-state index contributed by atoms with van der Waals surface area (Å²) in [5.41, 5.74) is 1.19. The maximum atomic E-state index is 12.8. The lowest BCUT2D eigenvalue weighted by molar-refractivity contribution is -0.138. The zero-order valence-corrected chi connectivity index (χ0v) is 12.2. The Morgan fingerprint density at radius 2 is 1.95 bits per heavy atom. The molecule has 0 saturated carbocycles. The van der Waals surface area contributed by atoms with E-state index in [-0.39, 0.29) is 5.56 Å². The number of hydrogen-bond donors (Lipinski definition) is 1. The standard InChI is InChI=1S/C16H19F3N2/c1-3-7-21-8-6-13(11-21)10-20-14-5-4-12(2)15(9-14)16(17,18)19/h4-6,8-9,11,20H,3,7,10H2,1-2H3. The Labute approximate surface area is 122 Å². The zero-order chi connectivity index (χ0) is 15.5. The minimum atomic E-state index is -4.31. The minimum absolute atomic E-state index is 0.238. The second-order valence-electron chi connectivity index (χ2n) is 5.14. The number of rotatable bonds is 5. The number of hydrogen-bond acceptors (Lipinski definition) is 1. The van der Waals surface area contributed by atoms with E-state index in [1.165, 1.54) is 19.1 Å². The minimum Gasteiger partial charge on any atom is -0.381 e. The van der Waals surface area contributed by atoms with E-state index in [0.29, 0.717) is 12.2 Å². The third kappa shape index (κ3) is 4.03. The predicted octanol–water partition coefficient (Wildman–Crippen LogP) is 4.84. The molecular weight excluding hydrogens is 277 g/mol. The van der Waals surface area contributed by atoms with Gasteiger partial charge >= 0.3 is 6.18 Å². The van der Waals surface area contributed by atoms with Gasteiger partial charge in [0.1, 0.15) is 0 Å². The first kappa shape index (κ1) is 15.5. The van der Waals surface area contributed by atoms with Crippen LogP contribution in [0, 0.1) is 6.92 Å². The van der Waals surface area contributed by atoms with Gasteiger partial charge in [0.2, 0.25) is 0 Å². The molecule has 2 nitrogen and oxygen atoms in total. The SMILES string of the molecule is CCCn1ccc(CNc2ccc(C)c(C(F)(F)F)c2)c1. The van der Waals surface area contributed by atoms with E-state index < -0.39 is 11.7 Å². The van der Waals surface area contributed by atoms with Crippen LogP contribution in [-0.2, 0) is 19.3 Å². The Balaban J connectivity index is 2.06. The van der Waals surface area contributed by atoms with Gasteiger partial charge in [-0.05, 0) is 42.7 Å². The average molecular weight is 296 g/mol. The van der Waals surface area contributed by atoms with E-state index in [2.05, 4.69) is 16.8 Å². The molecule has 1 aromatic carbocycles. The first-order chi connectivity index (χ1) is 9.90. The second kappa shape index (κ2) is 6.24. The van der Waals surface area contributed by atoms with Gasteiger partial charge in [-0.2, -0.15) is 13.2 Å². The molecule has 1 N–H and O–H groups in total. The van der Waals surface area contributed by atoms with Crippen LogP contribution in [0.3, 0.4) is 0 Å². The van der Waals surface area contributed by atoms with Gasteiger partial charge in [-0.3, -0.25) is 0 Å². The lowest BCUT2D eigenvalue weighted by Crippen LogP contribution is -2.08. The fourth-order valence-electron chi connectivity index (χ4n) is 2.23. The molecule has 0 bridgehead atoms. The molecule has 2 aromatic rings. The monoisotopic (exact) mass is 296 g/mol. The molecule has 1 heterocycles. The number of alkyl halides is 3. The maximum absolute atomic E-state index is 12.8. The van der Waals surface area contributed by atoms with E-state index in [9.17, 15) is 13.2 Å². The van der Waals surface area contributed by atoms with Crippen molar-refractivity contribution in [2.24, 2.45) is 0 Å². The van der Waals surface area contributed by atoms with Gasteiger partial charge in [0.25, 0.3) is 0 Å². The fraction of sp³-hybridized carbons (Fsp3) is 0.375. The van der Waals surface area contributed by atoms with Crippen molar-refractivity contribution in [3.8, 4) is 0 Å². The maximum Gasteiger partial charge on any atom is 0.416 e. The summed E-state index contributed by atoms with van der Waals surface area (Å²) in [6.45, 7) is 5.03. The van der Waals surface area contributed by atoms with Crippen molar-refractivity contribution in [1.29, 1.82) is 0 Å². The van der Waals surface area contributed by atoms with E-state index in [1.54, 1.807) is 6.07 Å². The van der Waals surface area contributed by atoms with Crippen molar-refractivity contribution < 1.29 is 13.2 Å². The zero-order valence-electron chi connectivity index (χ0n) is 12.2. The third-order valence-electron chi connectivity index (χ3n) is 3.33. The summed E-state index contributed by atoms with van der Waals surface area (Å²) in [7, 11) is 0. The molecular formula is C16H19F3N2. The van der Waals surface area contributed by atoms with E-state index in [4.69, 9.17) is 0 Å². The van der Waals surface area contributed by atoms with Crippen molar-refractivity contribution in [2.45, 2.75) is 39.5 Å². The molecule has 0 radical (unpaired) electrons. The Kier molecular flexibility index (Phi) is 4.60. The first-order valence-electron chi connectivity index (χ1n) is 6.96. The lowest BCUT2D eigenvalue weighted by atomic mass is 10.1. The van der Waals surface area contributed by atoms with Crippen LogP contribution < -0.4 is 5.32 Å². The van der Waals surface area contributed by atoms with Crippen LogP contribution in [0.4, 0.5) is 18.9 Å². The highest BCUT2D eigenvalue weighted by molar-refractivity contribution is 5.49. The summed E-state index contributed by atoms with van der Waals surface area (Å²) in [6.07, 6.45) is 0.729. The normalized spacial score (nSPS) is 11.7. The summed E-state index contributed by atoms with van der Waals surface area (Å²) in [4.78, 5) is 0. The molecule has 0 saturated heterocycles. The number of nitrogens with zero attached hydrogens (tertiary/aromatic N) is 1. The van der Waals surface area contributed by atoms with Gasteiger partial charge < -0.3 is 9.88 Å². The van der Waals surface area contributed by atoms with Gasteiger partial charge in [0.05, 0.1) is 5.56 Å². The summed E-state index contributed by atoms with van der Waals surface area (Å²) >= 11 is 0. The van der Waals surface area contributed by atoms with Gasteiger partial charge in [0.15, 0.2) is 0 Å². The van der Waals surface area contributed by atoms with Crippen molar-refractivity contribution >= 4 is 5.69 Å². The van der Waals surface area contributed by atoms with E-state index >= 15 is 0 Å². The highest BCUT2D eigenvalue weighted by Gasteiger charge is 2.32. The molecule has 0 fully saturated rings. The Hall–Kier alpha value is -1.91. The Morgan fingerprint density at radius 1 is 1.19 bits per heavy atom. The third-order valence-corrected chi connectivity index (χ3v) is 3.33. The van der Waals surface area contributed by atoms with Crippen LogP contribution in [0.15, 0.2) is 36.7 Å². The molecule has 1 aromatic heterocycles. The van der Waals surface area contributed by atoms with Crippen LogP contribution in [-0.4, -0.2) is 4.57 Å². The number of halogens is 3. The fourth-order valence-corrected chi connectivity index (χ4v) is 2.23. The van der Waals surface area contributed by atoms with E-state index in [1.807, 2.05) is 18.5 Å². The van der Waals surface area contributed by atoms with Crippen LogP contribution in [0.2, 0.25) is 0 Å². The van der Waals surface area contributed by atoms with Crippen LogP contribution in [0.5, 0.6) is 0 Å².